The van der Waals surface area contributed by atoms with Crippen molar-refractivity contribution in [2.24, 2.45) is 0 Å². The van der Waals surface area contributed by atoms with Gasteiger partial charge in [-0.3, -0.25) is 4.79 Å². The summed E-state index contributed by atoms with van der Waals surface area (Å²) in [5.41, 5.74) is 3.65. The number of rotatable bonds is 5. The summed E-state index contributed by atoms with van der Waals surface area (Å²) in [5, 5.41) is 2.94. The van der Waals surface area contributed by atoms with Crippen LogP contribution >= 0.6 is 0 Å². The van der Waals surface area contributed by atoms with Crippen molar-refractivity contribution >= 4 is 22.6 Å². The third-order valence-electron chi connectivity index (χ3n) is 4.90. The van der Waals surface area contributed by atoms with Gasteiger partial charge in [0.25, 0.3) is 0 Å². The molecule has 4 aromatic rings. The van der Waals surface area contributed by atoms with Gasteiger partial charge in [0, 0.05) is 18.2 Å². The van der Waals surface area contributed by atoms with Crippen LogP contribution in [0.25, 0.3) is 11.0 Å². The average molecular weight is 385 g/mol. The molecule has 5 rings (SSSR count). The summed E-state index contributed by atoms with van der Waals surface area (Å²) < 4.78 is 12.7. The fourth-order valence-corrected chi connectivity index (χ4v) is 3.53. The third-order valence-corrected chi connectivity index (χ3v) is 4.90. The fourth-order valence-electron chi connectivity index (χ4n) is 3.53. The number of carbonyl (C=O) groups is 1. The van der Waals surface area contributed by atoms with Crippen molar-refractivity contribution in [3.05, 3.63) is 84.2 Å². The highest BCUT2D eigenvalue weighted by molar-refractivity contribution is 5.92. The van der Waals surface area contributed by atoms with Gasteiger partial charge in [-0.1, -0.05) is 42.5 Å². The van der Waals surface area contributed by atoms with Gasteiger partial charge in [-0.25, -0.2) is 4.98 Å². The molecule has 6 heteroatoms. The largest absolute Gasteiger partial charge is 0.454 e. The summed E-state index contributed by atoms with van der Waals surface area (Å²) in [6.07, 6.45) is 0.660. The first kappa shape index (κ1) is 17.3. The van der Waals surface area contributed by atoms with Crippen LogP contribution < -0.4 is 14.8 Å². The zero-order valence-electron chi connectivity index (χ0n) is 15.7. The quantitative estimate of drug-likeness (QED) is 0.564. The maximum Gasteiger partial charge on any atom is 0.244 e. The molecule has 0 spiro atoms. The lowest BCUT2D eigenvalue weighted by Gasteiger charge is -2.11. The summed E-state index contributed by atoms with van der Waals surface area (Å²) in [4.78, 5) is 17.6. The van der Waals surface area contributed by atoms with E-state index < -0.39 is 0 Å². The van der Waals surface area contributed by atoms with Crippen LogP contribution in [0.15, 0.2) is 72.8 Å². The van der Waals surface area contributed by atoms with Gasteiger partial charge in [0.2, 0.25) is 12.7 Å². The molecule has 1 aliphatic heterocycles. The molecule has 1 amide bonds. The Hall–Kier alpha value is -3.80. The molecule has 1 N–H and O–H groups in total. The number of hydrogen-bond donors (Lipinski definition) is 1. The molecule has 0 saturated heterocycles. The smallest absolute Gasteiger partial charge is 0.244 e. The van der Waals surface area contributed by atoms with Gasteiger partial charge in [-0.15, -0.1) is 0 Å². The van der Waals surface area contributed by atoms with Gasteiger partial charge < -0.3 is 19.4 Å². The number of carbonyl (C=O) groups excluding carboxylic acids is 1. The molecule has 0 atom stereocenters. The van der Waals surface area contributed by atoms with Crippen molar-refractivity contribution in [1.29, 1.82) is 0 Å². The molecule has 29 heavy (non-hydrogen) atoms. The van der Waals surface area contributed by atoms with E-state index in [9.17, 15) is 4.79 Å². The number of nitrogens with one attached hydrogen (secondary N) is 1. The number of aromatic nitrogens is 2. The maximum atomic E-state index is 12.8. The monoisotopic (exact) mass is 385 g/mol. The van der Waals surface area contributed by atoms with Crippen molar-refractivity contribution in [3.63, 3.8) is 0 Å². The Morgan fingerprint density at radius 2 is 1.76 bits per heavy atom. The second kappa shape index (κ2) is 7.31. The van der Waals surface area contributed by atoms with Crippen molar-refractivity contribution in [2.45, 2.75) is 13.0 Å². The number of nitrogens with zero attached hydrogens (tertiary/aromatic N) is 2. The van der Waals surface area contributed by atoms with Crippen LogP contribution in [-0.4, -0.2) is 22.3 Å². The highest BCUT2D eigenvalue weighted by Gasteiger charge is 2.16. The highest BCUT2D eigenvalue weighted by Crippen LogP contribution is 2.34. The molecule has 1 aromatic heterocycles. The van der Waals surface area contributed by atoms with Crippen LogP contribution in [0.2, 0.25) is 0 Å². The number of para-hydroxylation sites is 2. The Labute approximate surface area is 167 Å². The summed E-state index contributed by atoms with van der Waals surface area (Å²) in [6.45, 7) is 0.383. The fraction of sp³-hybridized carbons (Fsp3) is 0.130. The van der Waals surface area contributed by atoms with Crippen molar-refractivity contribution < 1.29 is 14.3 Å². The SMILES string of the molecule is O=C(Cn1c(Cc2ccccc2)nc2ccccc21)Nc1ccc2c(c1)OCO2. The highest BCUT2D eigenvalue weighted by atomic mass is 16.7. The maximum absolute atomic E-state index is 12.8. The first-order valence-electron chi connectivity index (χ1n) is 9.44. The molecule has 0 bridgehead atoms. The standard InChI is InChI=1S/C23H19N3O3/c27-23(24-17-10-11-20-21(13-17)29-15-28-20)14-26-19-9-5-4-8-18(19)25-22(26)12-16-6-2-1-3-7-16/h1-11,13H,12,14-15H2,(H,24,27). The van der Waals surface area contributed by atoms with Crippen LogP contribution in [0, 0.1) is 0 Å². The summed E-state index contributed by atoms with van der Waals surface area (Å²) in [6, 6.07) is 23.4. The van der Waals surface area contributed by atoms with E-state index in [1.54, 1.807) is 12.1 Å². The molecule has 144 valence electrons. The van der Waals surface area contributed by atoms with E-state index >= 15 is 0 Å². The van der Waals surface area contributed by atoms with E-state index in [1.807, 2.05) is 53.1 Å². The van der Waals surface area contributed by atoms with E-state index in [4.69, 9.17) is 14.5 Å². The number of benzene rings is 3. The number of amides is 1. The lowest BCUT2D eigenvalue weighted by molar-refractivity contribution is -0.116. The number of ether oxygens (including phenoxy) is 2. The number of anilines is 1. The first-order valence-corrected chi connectivity index (χ1v) is 9.44. The molecular weight excluding hydrogens is 366 g/mol. The summed E-state index contributed by atoms with van der Waals surface area (Å²) in [7, 11) is 0. The van der Waals surface area contributed by atoms with Gasteiger partial charge in [0.1, 0.15) is 12.4 Å². The molecule has 2 heterocycles. The molecular formula is C23H19N3O3. The number of hydrogen-bond acceptors (Lipinski definition) is 4. The second-order valence-electron chi connectivity index (χ2n) is 6.88. The van der Waals surface area contributed by atoms with Crippen LogP contribution in [0.3, 0.4) is 0 Å². The van der Waals surface area contributed by atoms with E-state index in [-0.39, 0.29) is 19.2 Å². The summed E-state index contributed by atoms with van der Waals surface area (Å²) in [5.74, 6) is 2.06. The Kier molecular flexibility index (Phi) is 4.37. The molecule has 0 saturated carbocycles. The van der Waals surface area contributed by atoms with E-state index in [2.05, 4.69) is 17.4 Å². The summed E-state index contributed by atoms with van der Waals surface area (Å²) >= 11 is 0. The Bertz CT molecular complexity index is 1180. The van der Waals surface area contributed by atoms with Crippen molar-refractivity contribution in [2.75, 3.05) is 12.1 Å². The van der Waals surface area contributed by atoms with Gasteiger partial charge >= 0.3 is 0 Å². The minimum Gasteiger partial charge on any atom is -0.454 e. The van der Waals surface area contributed by atoms with Gasteiger partial charge in [-0.2, -0.15) is 0 Å². The lowest BCUT2D eigenvalue weighted by atomic mass is 10.1. The zero-order valence-corrected chi connectivity index (χ0v) is 15.7. The lowest BCUT2D eigenvalue weighted by Crippen LogP contribution is -2.20. The van der Waals surface area contributed by atoms with Crippen LogP contribution in [0.4, 0.5) is 5.69 Å². The predicted octanol–water partition coefficient (Wildman–Crippen LogP) is 3.99. The van der Waals surface area contributed by atoms with Crippen LogP contribution in [-0.2, 0) is 17.8 Å². The minimum atomic E-state index is -0.124. The molecule has 0 fully saturated rings. The molecule has 0 aliphatic carbocycles. The Morgan fingerprint density at radius 3 is 2.66 bits per heavy atom. The van der Waals surface area contributed by atoms with E-state index in [1.165, 1.54) is 0 Å². The van der Waals surface area contributed by atoms with Crippen LogP contribution in [0.1, 0.15) is 11.4 Å². The van der Waals surface area contributed by atoms with E-state index in [0.29, 0.717) is 23.6 Å². The van der Waals surface area contributed by atoms with Gasteiger partial charge in [0.15, 0.2) is 11.5 Å². The molecule has 3 aromatic carbocycles. The molecule has 0 unspecified atom stereocenters. The first-order chi connectivity index (χ1) is 14.3. The van der Waals surface area contributed by atoms with E-state index in [0.717, 1.165) is 22.4 Å². The minimum absolute atomic E-state index is 0.124. The zero-order chi connectivity index (χ0) is 19.6. The number of fused-ring (bicyclic) bond motifs is 2. The Morgan fingerprint density at radius 1 is 0.966 bits per heavy atom. The second-order valence-corrected chi connectivity index (χ2v) is 6.88. The average Bonchev–Trinajstić information content (AvgIpc) is 3.33. The van der Waals surface area contributed by atoms with Gasteiger partial charge in [-0.05, 0) is 29.8 Å². The molecule has 1 aliphatic rings. The van der Waals surface area contributed by atoms with Crippen molar-refractivity contribution in [3.8, 4) is 11.5 Å². The topological polar surface area (TPSA) is 65.4 Å². The van der Waals surface area contributed by atoms with Crippen molar-refractivity contribution in [1.82, 2.24) is 9.55 Å². The molecule has 0 radical (unpaired) electrons. The predicted molar refractivity (Wildman–Crippen MR) is 110 cm³/mol. The van der Waals surface area contributed by atoms with Crippen LogP contribution in [0.5, 0.6) is 11.5 Å². The normalized spacial score (nSPS) is 12.3. The Balaban J connectivity index is 1.41. The number of imidazole rings is 1. The third kappa shape index (κ3) is 3.52. The van der Waals surface area contributed by atoms with Gasteiger partial charge in [0.05, 0.1) is 11.0 Å². The molecule has 6 nitrogen and oxygen atoms in total.